The van der Waals surface area contributed by atoms with Gasteiger partial charge in [0.1, 0.15) is 18.1 Å². The monoisotopic (exact) mass is 278 g/mol. The summed E-state index contributed by atoms with van der Waals surface area (Å²) in [7, 11) is 1.15. The van der Waals surface area contributed by atoms with Crippen LogP contribution in [-0.2, 0) is 14.3 Å². The Morgan fingerprint density at radius 3 is 2.75 bits per heavy atom. The minimum atomic E-state index is -0.747. The number of esters is 1. The highest BCUT2D eigenvalue weighted by atomic mass is 19.1. The van der Waals surface area contributed by atoms with Crippen LogP contribution in [0.1, 0.15) is 5.56 Å². The largest absolute Gasteiger partial charge is 0.468 e. The Morgan fingerprint density at radius 1 is 1.40 bits per heavy atom. The van der Waals surface area contributed by atoms with Crippen molar-refractivity contribution in [2.24, 2.45) is 0 Å². The molecule has 0 unspecified atom stereocenters. The van der Waals surface area contributed by atoms with E-state index < -0.39 is 30.3 Å². The highest BCUT2D eigenvalue weighted by Gasteiger charge is 2.35. The van der Waals surface area contributed by atoms with Gasteiger partial charge in [-0.15, -0.1) is 0 Å². The number of carbonyl (C=O) groups excluding carboxylic acids is 3. The number of hydrogen-bond acceptors (Lipinski definition) is 4. The maximum Gasteiger partial charge on any atom is 0.329 e. The van der Waals surface area contributed by atoms with E-state index in [0.717, 1.165) is 7.11 Å². The third kappa shape index (κ3) is 2.66. The lowest BCUT2D eigenvalue weighted by atomic mass is 10.2. The van der Waals surface area contributed by atoms with Gasteiger partial charge >= 0.3 is 12.0 Å². The summed E-state index contributed by atoms with van der Waals surface area (Å²) in [6.45, 7) is -0.490. The maximum atomic E-state index is 13.5. The van der Waals surface area contributed by atoms with Gasteiger partial charge < -0.3 is 10.1 Å². The summed E-state index contributed by atoms with van der Waals surface area (Å²) in [5.74, 6) is -1.95. The number of ether oxygens (including phenoxy) is 1. The van der Waals surface area contributed by atoms with Crippen molar-refractivity contribution in [2.75, 3.05) is 13.7 Å². The van der Waals surface area contributed by atoms with Crippen molar-refractivity contribution < 1.29 is 23.5 Å². The second kappa shape index (κ2) is 5.52. The summed E-state index contributed by atoms with van der Waals surface area (Å²) in [4.78, 5) is 35.3. The molecular weight excluding hydrogens is 267 g/mol. The van der Waals surface area contributed by atoms with E-state index in [1.807, 2.05) is 0 Å². The number of nitrogens with one attached hydrogen (secondary N) is 1. The Morgan fingerprint density at radius 2 is 2.10 bits per heavy atom. The van der Waals surface area contributed by atoms with Gasteiger partial charge in [0.15, 0.2) is 0 Å². The lowest BCUT2D eigenvalue weighted by Crippen LogP contribution is -2.36. The molecule has 1 aliphatic rings. The first-order valence-electron chi connectivity index (χ1n) is 5.69. The van der Waals surface area contributed by atoms with Crippen LogP contribution in [0.5, 0.6) is 0 Å². The summed E-state index contributed by atoms with van der Waals surface area (Å²) in [6, 6.07) is 5.06. The molecule has 0 saturated carbocycles. The quantitative estimate of drug-likeness (QED) is 0.506. The van der Waals surface area contributed by atoms with E-state index in [1.54, 1.807) is 6.07 Å². The molecule has 0 radical (unpaired) electrons. The average molecular weight is 278 g/mol. The highest BCUT2D eigenvalue weighted by molar-refractivity contribution is 6.15. The van der Waals surface area contributed by atoms with Crippen LogP contribution >= 0.6 is 0 Å². The van der Waals surface area contributed by atoms with Gasteiger partial charge in [0.2, 0.25) is 0 Å². The smallest absolute Gasteiger partial charge is 0.329 e. The van der Waals surface area contributed by atoms with E-state index >= 15 is 0 Å². The number of urea groups is 1. The normalized spacial score (nSPS) is 16.5. The number of nitrogens with zero attached hydrogens (tertiary/aromatic N) is 1. The van der Waals surface area contributed by atoms with Crippen molar-refractivity contribution in [3.63, 3.8) is 0 Å². The Bertz CT molecular complexity index is 612. The van der Waals surface area contributed by atoms with Gasteiger partial charge in [0.25, 0.3) is 5.91 Å². The maximum absolute atomic E-state index is 13.5. The number of carbonyl (C=O) groups is 3. The van der Waals surface area contributed by atoms with Crippen LogP contribution in [0.2, 0.25) is 0 Å². The molecule has 1 aromatic rings. The molecule has 6 nitrogen and oxygen atoms in total. The number of amides is 3. The van der Waals surface area contributed by atoms with E-state index in [2.05, 4.69) is 10.1 Å². The fourth-order valence-electron chi connectivity index (χ4n) is 1.66. The number of rotatable bonds is 3. The molecule has 104 valence electrons. The summed E-state index contributed by atoms with van der Waals surface area (Å²) >= 11 is 0. The Balaban J connectivity index is 2.24. The Kier molecular flexibility index (Phi) is 3.79. The first-order chi connectivity index (χ1) is 9.52. The van der Waals surface area contributed by atoms with Gasteiger partial charge in [-0.3, -0.25) is 9.59 Å². The fourth-order valence-corrected chi connectivity index (χ4v) is 1.66. The number of methoxy groups -OCH3 is 1. The van der Waals surface area contributed by atoms with Crippen molar-refractivity contribution in [2.45, 2.75) is 0 Å². The lowest BCUT2D eigenvalue weighted by molar-refractivity contribution is -0.143. The van der Waals surface area contributed by atoms with Crippen molar-refractivity contribution in [1.29, 1.82) is 0 Å². The van der Waals surface area contributed by atoms with Crippen LogP contribution in [0.25, 0.3) is 6.08 Å². The van der Waals surface area contributed by atoms with E-state index in [9.17, 15) is 18.8 Å². The molecule has 0 aliphatic carbocycles. The molecule has 1 saturated heterocycles. The van der Waals surface area contributed by atoms with Crippen LogP contribution in [0.4, 0.5) is 9.18 Å². The zero-order valence-corrected chi connectivity index (χ0v) is 10.6. The van der Waals surface area contributed by atoms with Gasteiger partial charge in [0.05, 0.1) is 7.11 Å². The molecule has 0 aromatic heterocycles. The van der Waals surface area contributed by atoms with Crippen LogP contribution < -0.4 is 5.32 Å². The molecule has 1 N–H and O–H groups in total. The second-order valence-electron chi connectivity index (χ2n) is 3.98. The highest BCUT2D eigenvalue weighted by Crippen LogP contribution is 2.15. The predicted octanol–water partition coefficient (Wildman–Crippen LogP) is 0.891. The fraction of sp³-hybridized carbons (Fsp3) is 0.154. The van der Waals surface area contributed by atoms with Gasteiger partial charge in [0, 0.05) is 5.56 Å². The first-order valence-corrected chi connectivity index (χ1v) is 5.69. The van der Waals surface area contributed by atoms with E-state index in [0.29, 0.717) is 4.90 Å². The molecule has 2 rings (SSSR count). The lowest BCUT2D eigenvalue weighted by Gasteiger charge is -2.08. The third-order valence-electron chi connectivity index (χ3n) is 2.68. The van der Waals surface area contributed by atoms with Crippen LogP contribution in [0.3, 0.4) is 0 Å². The summed E-state index contributed by atoms with van der Waals surface area (Å²) in [5, 5.41) is 2.28. The third-order valence-corrected chi connectivity index (χ3v) is 2.68. The topological polar surface area (TPSA) is 75.7 Å². The molecule has 7 heteroatoms. The van der Waals surface area contributed by atoms with Crippen molar-refractivity contribution >= 4 is 24.0 Å². The minimum absolute atomic E-state index is 0.0935. The van der Waals surface area contributed by atoms with Crippen molar-refractivity contribution in [3.8, 4) is 0 Å². The number of benzene rings is 1. The zero-order chi connectivity index (χ0) is 14.7. The van der Waals surface area contributed by atoms with Crippen molar-refractivity contribution in [1.82, 2.24) is 10.2 Å². The molecule has 1 aliphatic heterocycles. The molecule has 0 bridgehead atoms. The molecule has 1 aromatic carbocycles. The molecule has 20 heavy (non-hydrogen) atoms. The van der Waals surface area contributed by atoms with Crippen molar-refractivity contribution in [3.05, 3.63) is 41.3 Å². The molecule has 1 fully saturated rings. The molecular formula is C13H11FN2O4. The number of halogens is 1. The molecule has 1 heterocycles. The standard InChI is InChI=1S/C13H11FN2O4/c1-20-11(17)7-16-12(18)10(15-13(16)19)6-8-4-2-3-5-9(8)14/h2-6H,7H2,1H3,(H,15,19). The Hall–Kier alpha value is -2.70. The second-order valence-corrected chi connectivity index (χ2v) is 3.98. The summed E-state index contributed by atoms with van der Waals surface area (Å²) in [5.41, 5.74) is 0.0695. The van der Waals surface area contributed by atoms with Gasteiger partial charge in [-0.1, -0.05) is 18.2 Å². The Labute approximate surface area is 113 Å². The summed E-state index contributed by atoms with van der Waals surface area (Å²) in [6.07, 6.45) is 1.22. The van der Waals surface area contributed by atoms with Crippen LogP contribution in [0, 0.1) is 5.82 Å². The van der Waals surface area contributed by atoms with E-state index in [1.165, 1.54) is 24.3 Å². The average Bonchev–Trinajstić information content (AvgIpc) is 2.69. The summed E-state index contributed by atoms with van der Waals surface area (Å²) < 4.78 is 17.9. The molecule has 3 amide bonds. The zero-order valence-electron chi connectivity index (χ0n) is 10.6. The molecule has 0 atom stereocenters. The van der Waals surface area contributed by atoms with Crippen LogP contribution in [0.15, 0.2) is 30.0 Å². The van der Waals surface area contributed by atoms with Gasteiger partial charge in [-0.05, 0) is 12.1 Å². The first kappa shape index (κ1) is 13.7. The van der Waals surface area contributed by atoms with Gasteiger partial charge in [-0.25, -0.2) is 14.1 Å². The van der Waals surface area contributed by atoms with E-state index in [-0.39, 0.29) is 11.3 Å². The predicted molar refractivity (Wildman–Crippen MR) is 66.6 cm³/mol. The number of hydrogen-bond donors (Lipinski definition) is 1. The SMILES string of the molecule is COC(=O)CN1C(=O)NC(=Cc2ccccc2F)C1=O. The van der Waals surface area contributed by atoms with E-state index in [4.69, 9.17) is 0 Å². The van der Waals surface area contributed by atoms with Crippen LogP contribution in [-0.4, -0.2) is 36.5 Å². The minimum Gasteiger partial charge on any atom is -0.468 e. The van der Waals surface area contributed by atoms with Gasteiger partial charge in [-0.2, -0.15) is 0 Å². The molecule has 0 spiro atoms. The number of imide groups is 1.